The molecule has 0 saturated carbocycles. The molecule has 3 rings (SSSR count). The number of carbonyl (C=O) groups excluding carboxylic acids is 1. The topological polar surface area (TPSA) is 29.5 Å². The molecule has 0 N–H and O–H groups in total. The number of hydrogen-bond acceptors (Lipinski definition) is 3. The van der Waals surface area contributed by atoms with Gasteiger partial charge in [0.2, 0.25) is 0 Å². The smallest absolute Gasteiger partial charge is 0.311 e. The average molecular weight is 317 g/mol. The van der Waals surface area contributed by atoms with Crippen molar-refractivity contribution in [3.05, 3.63) is 23.3 Å². The normalized spacial score (nSPS) is 38.0. The highest BCUT2D eigenvalue weighted by Crippen LogP contribution is 2.36. The van der Waals surface area contributed by atoms with Crippen LogP contribution in [0.5, 0.6) is 0 Å². The van der Waals surface area contributed by atoms with Gasteiger partial charge in [-0.1, -0.05) is 23.6 Å². The number of rotatable bonds is 2. The largest absolute Gasteiger partial charge is 0.458 e. The van der Waals surface area contributed by atoms with Crippen molar-refractivity contribution < 1.29 is 9.53 Å². The molecular weight excluding hydrogens is 286 g/mol. The molecule has 0 amide bonds. The van der Waals surface area contributed by atoms with E-state index < -0.39 is 0 Å². The van der Waals surface area contributed by atoms with Crippen LogP contribution in [0.1, 0.15) is 58.8 Å². The molecular formula is C20H31NO2. The quantitative estimate of drug-likeness (QED) is 0.567. The van der Waals surface area contributed by atoms with E-state index in [9.17, 15) is 4.79 Å². The summed E-state index contributed by atoms with van der Waals surface area (Å²) >= 11 is 0. The lowest BCUT2D eigenvalue weighted by atomic mass is 9.83. The first kappa shape index (κ1) is 16.8. The summed E-state index contributed by atoms with van der Waals surface area (Å²) in [5, 5.41) is 0. The van der Waals surface area contributed by atoms with Crippen LogP contribution in [0.2, 0.25) is 0 Å². The predicted molar refractivity (Wildman–Crippen MR) is 93.1 cm³/mol. The van der Waals surface area contributed by atoms with Gasteiger partial charge in [-0.25, -0.2) is 0 Å². The van der Waals surface area contributed by atoms with E-state index in [0.29, 0.717) is 5.92 Å². The molecule has 1 aliphatic carbocycles. The number of piperidine rings is 1. The van der Waals surface area contributed by atoms with Gasteiger partial charge >= 0.3 is 5.97 Å². The minimum Gasteiger partial charge on any atom is -0.458 e. The van der Waals surface area contributed by atoms with Crippen LogP contribution in [0, 0.1) is 11.8 Å². The first-order valence-electron chi connectivity index (χ1n) is 9.39. The Balaban J connectivity index is 1.74. The Morgan fingerprint density at radius 1 is 1.13 bits per heavy atom. The number of esters is 1. The molecule has 0 aromatic heterocycles. The zero-order chi connectivity index (χ0) is 16.2. The molecule has 3 heteroatoms. The third-order valence-corrected chi connectivity index (χ3v) is 5.75. The van der Waals surface area contributed by atoms with Gasteiger partial charge in [-0.3, -0.25) is 4.79 Å². The maximum Gasteiger partial charge on any atom is 0.311 e. The Hall–Kier alpha value is -1.09. The van der Waals surface area contributed by atoms with Gasteiger partial charge in [-0.2, -0.15) is 0 Å². The fourth-order valence-electron chi connectivity index (χ4n) is 4.27. The summed E-state index contributed by atoms with van der Waals surface area (Å²) in [6.45, 7) is 7.60. The minimum atomic E-state index is 0.00295. The molecule has 3 atom stereocenters. The van der Waals surface area contributed by atoms with Crippen LogP contribution < -0.4 is 0 Å². The van der Waals surface area contributed by atoms with Gasteiger partial charge in [0.05, 0.1) is 5.92 Å². The molecule has 0 unspecified atom stereocenters. The van der Waals surface area contributed by atoms with Crippen LogP contribution in [0.4, 0.5) is 0 Å². The van der Waals surface area contributed by atoms with Crippen molar-refractivity contribution in [1.82, 2.24) is 4.90 Å². The number of likely N-dealkylation sites (tertiary alicyclic amines) is 1. The van der Waals surface area contributed by atoms with E-state index in [2.05, 4.69) is 30.9 Å². The monoisotopic (exact) mass is 317 g/mol. The van der Waals surface area contributed by atoms with Crippen molar-refractivity contribution in [2.75, 3.05) is 19.6 Å². The summed E-state index contributed by atoms with van der Waals surface area (Å²) in [7, 11) is 0. The Labute approximate surface area is 140 Å². The van der Waals surface area contributed by atoms with Gasteiger partial charge in [0.25, 0.3) is 0 Å². The van der Waals surface area contributed by atoms with Gasteiger partial charge < -0.3 is 9.64 Å². The highest BCUT2D eigenvalue weighted by atomic mass is 16.6. The van der Waals surface area contributed by atoms with Crippen LogP contribution in [-0.2, 0) is 9.53 Å². The molecule has 3 nitrogen and oxygen atoms in total. The second kappa shape index (κ2) is 7.65. The van der Waals surface area contributed by atoms with Gasteiger partial charge in [-0.05, 0) is 71.5 Å². The number of carbonyl (C=O) groups is 1. The van der Waals surface area contributed by atoms with E-state index in [-0.39, 0.29) is 18.0 Å². The van der Waals surface area contributed by atoms with E-state index in [1.165, 1.54) is 30.4 Å². The zero-order valence-electron chi connectivity index (χ0n) is 14.7. The summed E-state index contributed by atoms with van der Waals surface area (Å²) in [5.74, 6) is 0.450. The van der Waals surface area contributed by atoms with E-state index in [1.54, 1.807) is 0 Å². The fourth-order valence-corrected chi connectivity index (χ4v) is 4.27. The summed E-state index contributed by atoms with van der Waals surface area (Å²) in [4.78, 5) is 15.0. The highest BCUT2D eigenvalue weighted by molar-refractivity contribution is 5.76. The Morgan fingerprint density at radius 3 is 2.70 bits per heavy atom. The molecule has 0 aromatic rings. The van der Waals surface area contributed by atoms with E-state index in [0.717, 1.165) is 45.3 Å². The van der Waals surface area contributed by atoms with E-state index in [4.69, 9.17) is 4.74 Å². The molecule has 2 aliphatic heterocycles. The van der Waals surface area contributed by atoms with Crippen molar-refractivity contribution in [3.8, 4) is 0 Å². The third kappa shape index (κ3) is 4.26. The number of nitrogens with zero attached hydrogens (tertiary/aromatic N) is 1. The van der Waals surface area contributed by atoms with Gasteiger partial charge in [0, 0.05) is 12.5 Å². The molecule has 0 radical (unpaired) electrons. The third-order valence-electron chi connectivity index (χ3n) is 5.75. The molecule has 0 spiro atoms. The predicted octanol–water partition coefficient (Wildman–Crippen LogP) is 4.10. The van der Waals surface area contributed by atoms with Gasteiger partial charge in [-0.15, -0.1) is 0 Å². The fraction of sp³-hybridized carbons (Fsp3) is 0.750. The summed E-state index contributed by atoms with van der Waals surface area (Å²) in [6.07, 6.45) is 12.8. The van der Waals surface area contributed by atoms with Crippen molar-refractivity contribution in [2.45, 2.75) is 64.9 Å². The van der Waals surface area contributed by atoms with Crippen molar-refractivity contribution in [3.63, 3.8) is 0 Å². The molecule has 23 heavy (non-hydrogen) atoms. The van der Waals surface area contributed by atoms with Crippen molar-refractivity contribution in [1.29, 1.82) is 0 Å². The first-order valence-corrected chi connectivity index (χ1v) is 9.39. The molecule has 2 heterocycles. The Morgan fingerprint density at radius 2 is 1.91 bits per heavy atom. The molecule has 2 fully saturated rings. The van der Waals surface area contributed by atoms with Crippen LogP contribution in [0.15, 0.2) is 23.3 Å². The summed E-state index contributed by atoms with van der Waals surface area (Å²) in [5.41, 5.74) is 2.83. The van der Waals surface area contributed by atoms with Crippen LogP contribution >= 0.6 is 0 Å². The van der Waals surface area contributed by atoms with Gasteiger partial charge in [0.1, 0.15) is 6.10 Å². The highest BCUT2D eigenvalue weighted by Gasteiger charge is 2.43. The van der Waals surface area contributed by atoms with Crippen molar-refractivity contribution >= 4 is 5.97 Å². The number of fused-ring (bicyclic) bond motifs is 1. The van der Waals surface area contributed by atoms with Crippen LogP contribution in [0.25, 0.3) is 0 Å². The first-order chi connectivity index (χ1) is 11.1. The zero-order valence-corrected chi connectivity index (χ0v) is 14.7. The second-order valence-corrected chi connectivity index (χ2v) is 7.67. The standard InChI is InChI=1S/C20H31NO2/c1-15-7-6-8-16(2)13-19-17(10-9-15)18(20(22)23-19)14-21-11-4-3-5-12-21/h7,13,17-19H,3-6,8-12,14H2,1-2H3/b15-7-,16-13+/t17-,18-,19-/m0/s1. The van der Waals surface area contributed by atoms with E-state index >= 15 is 0 Å². The number of hydrogen-bond donors (Lipinski definition) is 0. The van der Waals surface area contributed by atoms with Crippen molar-refractivity contribution in [2.24, 2.45) is 11.8 Å². The molecule has 0 bridgehead atoms. The molecule has 2 saturated heterocycles. The summed E-state index contributed by atoms with van der Waals surface area (Å²) < 4.78 is 5.80. The number of allylic oxidation sites excluding steroid dienone is 3. The number of ether oxygens (including phenoxy) is 1. The van der Waals surface area contributed by atoms with E-state index in [1.807, 2.05) is 0 Å². The lowest BCUT2D eigenvalue weighted by Gasteiger charge is -2.30. The minimum absolute atomic E-state index is 0.00295. The lowest BCUT2D eigenvalue weighted by molar-refractivity contribution is -0.143. The Kier molecular flexibility index (Phi) is 5.58. The molecule has 128 valence electrons. The maximum atomic E-state index is 12.5. The van der Waals surface area contributed by atoms with Crippen LogP contribution in [-0.4, -0.2) is 36.6 Å². The second-order valence-electron chi connectivity index (χ2n) is 7.67. The van der Waals surface area contributed by atoms with Gasteiger partial charge in [0.15, 0.2) is 0 Å². The molecule has 0 aromatic carbocycles. The van der Waals surface area contributed by atoms with Crippen LogP contribution in [0.3, 0.4) is 0 Å². The lowest BCUT2D eigenvalue weighted by Crippen LogP contribution is -2.38. The average Bonchev–Trinajstić information content (AvgIpc) is 2.81. The maximum absolute atomic E-state index is 12.5. The summed E-state index contributed by atoms with van der Waals surface area (Å²) in [6, 6.07) is 0. The SMILES string of the molecule is C/C1=C/CC/C(C)=C/[C@@H]2OC(=O)[C@@H](CN3CCCCC3)[C@@H]2CC1. The molecule has 3 aliphatic rings. The Bertz CT molecular complexity index is 488.